The predicted molar refractivity (Wildman–Crippen MR) is 67.5 cm³/mol. The van der Waals surface area contributed by atoms with E-state index < -0.39 is 29.5 Å². The Bertz CT molecular complexity index is 474. The van der Waals surface area contributed by atoms with Gasteiger partial charge in [-0.3, -0.25) is 4.79 Å². The van der Waals surface area contributed by atoms with Gasteiger partial charge < -0.3 is 11.1 Å². The van der Waals surface area contributed by atoms with Gasteiger partial charge in [0.2, 0.25) is 5.91 Å². The van der Waals surface area contributed by atoms with Gasteiger partial charge in [-0.1, -0.05) is 19.8 Å². The lowest BCUT2D eigenvalue weighted by molar-refractivity contribution is -0.140. The van der Waals surface area contributed by atoms with Crippen molar-refractivity contribution in [2.75, 3.05) is 5.32 Å². The van der Waals surface area contributed by atoms with E-state index in [0.717, 1.165) is 18.9 Å². The van der Waals surface area contributed by atoms with Crippen LogP contribution in [0, 0.1) is 5.82 Å². The molecule has 0 aromatic heterocycles. The highest BCUT2D eigenvalue weighted by molar-refractivity contribution is 5.94. The fraction of sp³-hybridized carbons (Fsp3) is 0.462. The lowest BCUT2D eigenvalue weighted by Gasteiger charge is -2.14. The van der Waals surface area contributed by atoms with Gasteiger partial charge in [-0.15, -0.1) is 0 Å². The maximum Gasteiger partial charge on any atom is 0.419 e. The summed E-state index contributed by atoms with van der Waals surface area (Å²) in [5.41, 5.74) is 4.05. The number of carbonyl (C=O) groups is 1. The maximum absolute atomic E-state index is 13.1. The molecular formula is C13H16F4N2O. The molecule has 0 fully saturated rings. The van der Waals surface area contributed by atoms with Gasteiger partial charge in [0, 0.05) is 5.69 Å². The first-order valence-electron chi connectivity index (χ1n) is 6.19. The first-order chi connectivity index (χ1) is 9.25. The monoisotopic (exact) mass is 292 g/mol. The van der Waals surface area contributed by atoms with Crippen LogP contribution < -0.4 is 11.1 Å². The second-order valence-corrected chi connectivity index (χ2v) is 4.43. The third-order valence-electron chi connectivity index (χ3n) is 2.74. The predicted octanol–water partition coefficient (Wildman–Crippen LogP) is 3.30. The van der Waals surface area contributed by atoms with Gasteiger partial charge in [0.15, 0.2) is 0 Å². The molecule has 7 heteroatoms. The number of hydrogen-bond acceptors (Lipinski definition) is 2. The number of unbranched alkanes of at least 4 members (excludes halogenated alkanes) is 1. The second-order valence-electron chi connectivity index (χ2n) is 4.43. The molecule has 1 aromatic carbocycles. The van der Waals surface area contributed by atoms with Gasteiger partial charge in [-0.05, 0) is 24.6 Å². The minimum atomic E-state index is -4.81. The van der Waals surface area contributed by atoms with Crippen LogP contribution in [-0.2, 0) is 11.0 Å². The van der Waals surface area contributed by atoms with E-state index >= 15 is 0 Å². The van der Waals surface area contributed by atoms with Crippen LogP contribution in [0.25, 0.3) is 0 Å². The lowest BCUT2D eigenvalue weighted by atomic mass is 10.1. The van der Waals surface area contributed by atoms with Crippen molar-refractivity contribution in [1.29, 1.82) is 0 Å². The molecule has 1 aromatic rings. The van der Waals surface area contributed by atoms with Gasteiger partial charge in [0.05, 0.1) is 11.6 Å². The van der Waals surface area contributed by atoms with E-state index in [0.29, 0.717) is 18.6 Å². The van der Waals surface area contributed by atoms with E-state index in [-0.39, 0.29) is 5.69 Å². The number of rotatable bonds is 5. The van der Waals surface area contributed by atoms with Crippen LogP contribution in [0.4, 0.5) is 23.2 Å². The highest BCUT2D eigenvalue weighted by Crippen LogP contribution is 2.32. The summed E-state index contributed by atoms with van der Waals surface area (Å²) >= 11 is 0. The number of amides is 1. The fourth-order valence-corrected chi connectivity index (χ4v) is 1.61. The number of nitrogens with one attached hydrogen (secondary N) is 1. The van der Waals surface area contributed by atoms with E-state index in [9.17, 15) is 22.4 Å². The molecule has 1 rings (SSSR count). The van der Waals surface area contributed by atoms with Crippen LogP contribution in [0.15, 0.2) is 18.2 Å². The van der Waals surface area contributed by atoms with Gasteiger partial charge in [0.25, 0.3) is 0 Å². The SMILES string of the molecule is CCCC[C@H](N)C(=O)Nc1ccc(F)c(C(F)(F)F)c1. The lowest BCUT2D eigenvalue weighted by Crippen LogP contribution is -2.35. The Kier molecular flexibility index (Phi) is 5.50. The number of carbonyl (C=O) groups excluding carboxylic acids is 1. The van der Waals surface area contributed by atoms with E-state index in [1.807, 2.05) is 6.92 Å². The van der Waals surface area contributed by atoms with Crippen molar-refractivity contribution in [2.45, 2.75) is 38.4 Å². The number of halogens is 4. The Morgan fingerprint density at radius 3 is 2.60 bits per heavy atom. The quantitative estimate of drug-likeness (QED) is 0.818. The molecule has 0 aliphatic rings. The molecule has 0 heterocycles. The van der Waals surface area contributed by atoms with Crippen molar-refractivity contribution >= 4 is 11.6 Å². The highest BCUT2D eigenvalue weighted by atomic mass is 19.4. The third-order valence-corrected chi connectivity index (χ3v) is 2.74. The maximum atomic E-state index is 13.1. The summed E-state index contributed by atoms with van der Waals surface area (Å²) in [6, 6.07) is 1.49. The molecule has 3 nitrogen and oxygen atoms in total. The van der Waals surface area contributed by atoms with Crippen LogP contribution in [0.2, 0.25) is 0 Å². The van der Waals surface area contributed by atoms with Crippen LogP contribution >= 0.6 is 0 Å². The summed E-state index contributed by atoms with van der Waals surface area (Å²) in [6.45, 7) is 1.93. The average molecular weight is 292 g/mol. The van der Waals surface area contributed by atoms with E-state index in [1.54, 1.807) is 0 Å². The smallest absolute Gasteiger partial charge is 0.325 e. The molecule has 1 atom stereocenters. The molecule has 0 spiro atoms. The van der Waals surface area contributed by atoms with Crippen molar-refractivity contribution in [3.63, 3.8) is 0 Å². The summed E-state index contributed by atoms with van der Waals surface area (Å²) in [5.74, 6) is -1.97. The topological polar surface area (TPSA) is 55.1 Å². The van der Waals surface area contributed by atoms with Crippen LogP contribution in [0.3, 0.4) is 0 Å². The van der Waals surface area contributed by atoms with E-state index in [4.69, 9.17) is 5.73 Å². The molecule has 0 unspecified atom stereocenters. The van der Waals surface area contributed by atoms with Crippen molar-refractivity contribution < 1.29 is 22.4 Å². The Morgan fingerprint density at radius 1 is 1.40 bits per heavy atom. The Morgan fingerprint density at radius 2 is 2.05 bits per heavy atom. The summed E-state index contributed by atoms with van der Waals surface area (Å²) in [6.07, 6.45) is -2.77. The third kappa shape index (κ3) is 4.48. The van der Waals surface area contributed by atoms with Crippen molar-refractivity contribution in [3.05, 3.63) is 29.6 Å². The Hall–Kier alpha value is -1.63. The summed E-state index contributed by atoms with van der Waals surface area (Å²) in [7, 11) is 0. The van der Waals surface area contributed by atoms with Crippen LogP contribution in [-0.4, -0.2) is 11.9 Å². The fourth-order valence-electron chi connectivity index (χ4n) is 1.61. The van der Waals surface area contributed by atoms with E-state index in [2.05, 4.69) is 5.32 Å². The molecule has 0 saturated carbocycles. The van der Waals surface area contributed by atoms with Gasteiger partial charge in [-0.2, -0.15) is 13.2 Å². The van der Waals surface area contributed by atoms with Gasteiger partial charge in [-0.25, -0.2) is 4.39 Å². The molecule has 1 amide bonds. The first-order valence-corrected chi connectivity index (χ1v) is 6.19. The zero-order chi connectivity index (χ0) is 15.3. The Balaban J connectivity index is 2.81. The van der Waals surface area contributed by atoms with Crippen LogP contribution in [0.5, 0.6) is 0 Å². The molecule has 3 N–H and O–H groups in total. The normalized spacial score (nSPS) is 13.1. The van der Waals surface area contributed by atoms with Crippen molar-refractivity contribution in [2.24, 2.45) is 5.73 Å². The zero-order valence-corrected chi connectivity index (χ0v) is 10.9. The van der Waals surface area contributed by atoms with Crippen molar-refractivity contribution in [3.8, 4) is 0 Å². The first kappa shape index (κ1) is 16.4. The van der Waals surface area contributed by atoms with Gasteiger partial charge >= 0.3 is 6.18 Å². The standard InChI is InChI=1S/C13H16F4N2O/c1-2-3-4-11(18)12(20)19-8-5-6-10(14)9(7-8)13(15,16)17/h5-7,11H,2-4,18H2,1H3,(H,19,20)/t11-/m0/s1. The number of hydrogen-bond donors (Lipinski definition) is 2. The molecular weight excluding hydrogens is 276 g/mol. The minimum Gasteiger partial charge on any atom is -0.325 e. The zero-order valence-electron chi connectivity index (χ0n) is 10.9. The molecule has 0 aliphatic heterocycles. The molecule has 0 saturated heterocycles. The number of anilines is 1. The highest BCUT2D eigenvalue weighted by Gasteiger charge is 2.34. The number of benzene rings is 1. The molecule has 0 aliphatic carbocycles. The molecule has 112 valence electrons. The number of alkyl halides is 3. The van der Waals surface area contributed by atoms with Gasteiger partial charge in [0.1, 0.15) is 5.82 Å². The number of nitrogens with two attached hydrogens (primary N) is 1. The largest absolute Gasteiger partial charge is 0.419 e. The molecule has 0 bridgehead atoms. The van der Waals surface area contributed by atoms with Crippen LogP contribution in [0.1, 0.15) is 31.7 Å². The average Bonchev–Trinajstić information content (AvgIpc) is 2.36. The Labute approximate surface area is 114 Å². The van der Waals surface area contributed by atoms with E-state index in [1.165, 1.54) is 0 Å². The molecule has 20 heavy (non-hydrogen) atoms. The summed E-state index contributed by atoms with van der Waals surface area (Å²) in [5, 5.41) is 2.26. The second kappa shape index (κ2) is 6.69. The minimum absolute atomic E-state index is 0.129. The molecule has 0 radical (unpaired) electrons. The van der Waals surface area contributed by atoms with Crippen molar-refractivity contribution in [1.82, 2.24) is 0 Å². The summed E-state index contributed by atoms with van der Waals surface area (Å²) < 4.78 is 50.6. The summed E-state index contributed by atoms with van der Waals surface area (Å²) in [4.78, 5) is 11.7.